The van der Waals surface area contributed by atoms with Crippen LogP contribution >= 0.6 is 0 Å². The third-order valence-electron chi connectivity index (χ3n) is 5.42. The van der Waals surface area contributed by atoms with Crippen LogP contribution in [-0.4, -0.2) is 22.8 Å². The molecule has 0 saturated carbocycles. The summed E-state index contributed by atoms with van der Waals surface area (Å²) in [4.78, 5) is 22.6. The van der Waals surface area contributed by atoms with Gasteiger partial charge in [0.25, 0.3) is 0 Å². The van der Waals surface area contributed by atoms with E-state index < -0.39 is 0 Å². The average Bonchev–Trinajstić information content (AvgIpc) is 2.84. The van der Waals surface area contributed by atoms with Crippen LogP contribution in [0.4, 0.5) is 0 Å². The Bertz CT molecular complexity index is 1430. The van der Waals surface area contributed by atoms with E-state index in [1.165, 1.54) is 30.4 Å². The fourth-order valence-corrected chi connectivity index (χ4v) is 3.43. The molecule has 0 amide bonds. The summed E-state index contributed by atoms with van der Waals surface area (Å²) in [6, 6.07) is 16.8. The van der Waals surface area contributed by atoms with Crippen molar-refractivity contribution >= 4 is 35.9 Å². The number of nitriles is 2. The van der Waals surface area contributed by atoms with E-state index in [1.54, 1.807) is 44.2 Å². The summed E-state index contributed by atoms with van der Waals surface area (Å²) >= 11 is 0. The molecule has 166 valence electrons. The fourth-order valence-electron chi connectivity index (χ4n) is 3.43. The van der Waals surface area contributed by atoms with Crippen molar-refractivity contribution < 1.29 is 19.8 Å². The number of aldehydes is 2. The Kier molecular flexibility index (Phi) is 7.06. The lowest BCUT2D eigenvalue weighted by Gasteiger charge is -2.07. The van der Waals surface area contributed by atoms with E-state index in [0.29, 0.717) is 57.1 Å². The number of hydrogen-bond donors (Lipinski definition) is 2. The Hall–Kier alpha value is -4.94. The maximum Gasteiger partial charge on any atom is 0.150 e. The number of rotatable bonds is 6. The Morgan fingerprint density at radius 3 is 1.71 bits per heavy atom. The van der Waals surface area contributed by atoms with Crippen molar-refractivity contribution in [2.45, 2.75) is 13.8 Å². The van der Waals surface area contributed by atoms with E-state index in [2.05, 4.69) is 12.1 Å². The molecule has 6 nitrogen and oxygen atoms in total. The highest BCUT2D eigenvalue weighted by atomic mass is 16.3. The SMILES string of the molecule is Cc1cc(C=O)c(/C=C(\C#N)c2ccc(/C(C#N)=C/c3cc(C=O)c(C)cc3O)cc2)cc1O. The average molecular weight is 448 g/mol. The molecular formula is C28H20N2O4. The molecule has 0 bridgehead atoms. The number of nitrogens with zero attached hydrogens (tertiary/aromatic N) is 2. The lowest BCUT2D eigenvalue weighted by Crippen LogP contribution is -1.91. The first-order chi connectivity index (χ1) is 16.3. The van der Waals surface area contributed by atoms with Gasteiger partial charge in [0.15, 0.2) is 6.29 Å². The molecule has 0 aliphatic heterocycles. The van der Waals surface area contributed by atoms with Crippen LogP contribution in [0.25, 0.3) is 23.3 Å². The van der Waals surface area contributed by atoms with Crippen molar-refractivity contribution in [1.82, 2.24) is 0 Å². The molecular weight excluding hydrogens is 428 g/mol. The van der Waals surface area contributed by atoms with Crippen LogP contribution in [0.15, 0.2) is 48.5 Å². The smallest absolute Gasteiger partial charge is 0.150 e. The molecule has 0 heterocycles. The molecule has 3 aromatic rings. The lowest BCUT2D eigenvalue weighted by molar-refractivity contribution is 0.111. The van der Waals surface area contributed by atoms with Crippen molar-refractivity contribution in [2.75, 3.05) is 0 Å². The largest absolute Gasteiger partial charge is 0.508 e. The zero-order chi connectivity index (χ0) is 24.8. The second kappa shape index (κ2) is 10.1. The minimum absolute atomic E-state index is 0.0189. The minimum Gasteiger partial charge on any atom is -0.508 e. The highest BCUT2D eigenvalue weighted by Crippen LogP contribution is 2.29. The van der Waals surface area contributed by atoms with Gasteiger partial charge in [-0.25, -0.2) is 0 Å². The van der Waals surface area contributed by atoms with Gasteiger partial charge < -0.3 is 10.2 Å². The van der Waals surface area contributed by atoms with Crippen molar-refractivity contribution in [3.8, 4) is 23.6 Å². The molecule has 0 aliphatic rings. The summed E-state index contributed by atoms with van der Waals surface area (Å²) in [5, 5.41) is 39.5. The van der Waals surface area contributed by atoms with Gasteiger partial charge in [0, 0.05) is 16.7 Å². The van der Waals surface area contributed by atoms with Crippen LogP contribution in [-0.2, 0) is 0 Å². The highest BCUT2D eigenvalue weighted by Gasteiger charge is 2.10. The van der Waals surface area contributed by atoms with Crippen molar-refractivity contribution in [3.05, 3.63) is 93.0 Å². The van der Waals surface area contributed by atoms with Crippen LogP contribution in [0.3, 0.4) is 0 Å². The Morgan fingerprint density at radius 2 is 1.21 bits per heavy atom. The molecule has 0 fully saturated rings. The zero-order valence-corrected chi connectivity index (χ0v) is 18.5. The standard InChI is InChI=1S/C28H20N2O4/c1-17-8-28(34)22(11-25(17)15-31)10-24(14-30)20-5-3-19(4-6-20)23(13-29)9-21-12-27(33)18(2)7-26(21)16-32/h3-12,15-16,33-34H,1-2H3/b23-9+,24-10+. The van der Waals surface area contributed by atoms with E-state index in [9.17, 15) is 30.3 Å². The molecule has 0 radical (unpaired) electrons. The number of phenolic OH excluding ortho intramolecular Hbond substituents is 2. The first-order valence-corrected chi connectivity index (χ1v) is 10.2. The molecule has 34 heavy (non-hydrogen) atoms. The van der Waals surface area contributed by atoms with Gasteiger partial charge in [-0.2, -0.15) is 10.5 Å². The molecule has 0 atom stereocenters. The normalized spacial score (nSPS) is 11.4. The molecule has 0 spiro atoms. The van der Waals surface area contributed by atoms with Gasteiger partial charge in [0.1, 0.15) is 17.8 Å². The lowest BCUT2D eigenvalue weighted by atomic mass is 9.96. The quantitative estimate of drug-likeness (QED) is 0.293. The van der Waals surface area contributed by atoms with E-state index >= 15 is 0 Å². The fraction of sp³-hybridized carbons (Fsp3) is 0.0714. The highest BCUT2D eigenvalue weighted by molar-refractivity contribution is 5.96. The number of aryl methyl sites for hydroxylation is 2. The van der Waals surface area contributed by atoms with Gasteiger partial charge >= 0.3 is 0 Å². The van der Waals surface area contributed by atoms with Crippen LogP contribution in [0.2, 0.25) is 0 Å². The van der Waals surface area contributed by atoms with Crippen LogP contribution in [0.1, 0.15) is 54.1 Å². The van der Waals surface area contributed by atoms with Crippen LogP contribution in [0, 0.1) is 36.5 Å². The van der Waals surface area contributed by atoms with E-state index in [4.69, 9.17) is 0 Å². The first-order valence-electron chi connectivity index (χ1n) is 10.2. The second-order valence-electron chi connectivity index (χ2n) is 7.69. The summed E-state index contributed by atoms with van der Waals surface area (Å²) in [6.45, 7) is 3.38. The molecule has 0 saturated heterocycles. The second-order valence-corrected chi connectivity index (χ2v) is 7.69. The minimum atomic E-state index is -0.0468. The number of allylic oxidation sites excluding steroid dienone is 2. The monoisotopic (exact) mass is 448 g/mol. The summed E-state index contributed by atoms with van der Waals surface area (Å²) in [5.74, 6) is -0.0279. The Balaban J connectivity index is 2.00. The number of carbonyl (C=O) groups is 2. The number of carbonyl (C=O) groups excluding carboxylic acids is 2. The van der Waals surface area contributed by atoms with E-state index in [-0.39, 0.29) is 22.6 Å². The van der Waals surface area contributed by atoms with Crippen LogP contribution in [0.5, 0.6) is 11.5 Å². The number of hydrogen-bond acceptors (Lipinski definition) is 6. The number of aromatic hydroxyl groups is 2. The number of phenols is 2. The molecule has 0 aromatic heterocycles. The van der Waals surface area contributed by atoms with E-state index in [0.717, 1.165) is 0 Å². The van der Waals surface area contributed by atoms with Gasteiger partial charge in [-0.1, -0.05) is 24.3 Å². The van der Waals surface area contributed by atoms with Gasteiger partial charge in [0.05, 0.1) is 23.3 Å². The van der Waals surface area contributed by atoms with Crippen molar-refractivity contribution in [2.24, 2.45) is 0 Å². The third-order valence-corrected chi connectivity index (χ3v) is 5.42. The maximum absolute atomic E-state index is 11.4. The predicted octanol–water partition coefficient (Wildman–Crippen LogP) is 5.47. The number of benzene rings is 3. The molecule has 0 aliphatic carbocycles. The van der Waals surface area contributed by atoms with E-state index in [1.807, 2.05) is 0 Å². The van der Waals surface area contributed by atoms with Crippen molar-refractivity contribution in [3.63, 3.8) is 0 Å². The Labute approximate surface area is 197 Å². The topological polar surface area (TPSA) is 122 Å². The molecule has 3 rings (SSSR count). The third kappa shape index (κ3) is 4.93. The van der Waals surface area contributed by atoms with Crippen LogP contribution < -0.4 is 0 Å². The summed E-state index contributed by atoms with van der Waals surface area (Å²) < 4.78 is 0. The molecule has 2 N–H and O–H groups in total. The molecule has 6 heteroatoms. The Morgan fingerprint density at radius 1 is 0.676 bits per heavy atom. The van der Waals surface area contributed by atoms with Gasteiger partial charge in [0.2, 0.25) is 0 Å². The molecule has 0 unspecified atom stereocenters. The predicted molar refractivity (Wildman–Crippen MR) is 130 cm³/mol. The van der Waals surface area contributed by atoms with Gasteiger partial charge in [-0.05, 0) is 78.1 Å². The first kappa shape index (κ1) is 23.7. The summed E-state index contributed by atoms with van der Waals surface area (Å²) in [6.07, 6.45) is 4.36. The van der Waals surface area contributed by atoms with Gasteiger partial charge in [-0.15, -0.1) is 0 Å². The zero-order valence-electron chi connectivity index (χ0n) is 18.5. The van der Waals surface area contributed by atoms with Gasteiger partial charge in [-0.3, -0.25) is 9.59 Å². The summed E-state index contributed by atoms with van der Waals surface area (Å²) in [5.41, 5.74) is 4.34. The molecule has 3 aromatic carbocycles. The maximum atomic E-state index is 11.4. The van der Waals surface area contributed by atoms with Crippen molar-refractivity contribution in [1.29, 1.82) is 10.5 Å². The summed E-state index contributed by atoms with van der Waals surface area (Å²) in [7, 11) is 0.